The first-order valence-corrected chi connectivity index (χ1v) is 4.82. The van der Waals surface area contributed by atoms with E-state index in [-0.39, 0.29) is 24.8 Å². The monoisotopic (exact) mass is 218 g/mol. The SMILES string of the molecule is CNCC(C)C(=O)NCCC(O)C(=O)O. The molecule has 0 aromatic heterocycles. The van der Waals surface area contributed by atoms with Crippen molar-refractivity contribution in [2.75, 3.05) is 20.1 Å². The molecule has 0 spiro atoms. The zero-order valence-corrected chi connectivity index (χ0v) is 8.99. The summed E-state index contributed by atoms with van der Waals surface area (Å²) in [6, 6.07) is 0. The zero-order chi connectivity index (χ0) is 11.8. The summed E-state index contributed by atoms with van der Waals surface area (Å²) in [5, 5.41) is 22.7. The number of carbonyl (C=O) groups excluding carboxylic acids is 1. The number of aliphatic hydroxyl groups excluding tert-OH is 1. The van der Waals surface area contributed by atoms with Gasteiger partial charge in [0.25, 0.3) is 0 Å². The number of rotatable bonds is 7. The van der Waals surface area contributed by atoms with E-state index in [1.807, 2.05) is 0 Å². The fourth-order valence-electron chi connectivity index (χ4n) is 1.03. The minimum absolute atomic E-state index is 0.0212. The molecule has 0 rings (SSSR count). The van der Waals surface area contributed by atoms with Crippen LogP contribution in [-0.2, 0) is 9.59 Å². The van der Waals surface area contributed by atoms with Gasteiger partial charge in [0, 0.05) is 25.4 Å². The average Bonchev–Trinajstić information content (AvgIpc) is 2.17. The Labute approximate surface area is 88.7 Å². The number of carboxylic acids is 1. The third-order valence-electron chi connectivity index (χ3n) is 1.96. The van der Waals surface area contributed by atoms with Gasteiger partial charge in [-0.05, 0) is 7.05 Å². The molecule has 6 nitrogen and oxygen atoms in total. The molecule has 2 atom stereocenters. The van der Waals surface area contributed by atoms with Crippen LogP contribution in [0.5, 0.6) is 0 Å². The smallest absolute Gasteiger partial charge is 0.332 e. The molecule has 0 fully saturated rings. The van der Waals surface area contributed by atoms with Crippen molar-refractivity contribution in [2.24, 2.45) is 5.92 Å². The lowest BCUT2D eigenvalue weighted by Crippen LogP contribution is -2.36. The molecule has 88 valence electrons. The summed E-state index contributed by atoms with van der Waals surface area (Å²) in [6.45, 7) is 2.49. The number of amides is 1. The van der Waals surface area contributed by atoms with Crippen LogP contribution >= 0.6 is 0 Å². The summed E-state index contributed by atoms with van der Waals surface area (Å²) in [5.74, 6) is -1.59. The second-order valence-corrected chi connectivity index (χ2v) is 3.39. The van der Waals surface area contributed by atoms with Gasteiger partial charge in [-0.1, -0.05) is 6.92 Å². The van der Waals surface area contributed by atoms with Crippen LogP contribution in [-0.4, -0.2) is 48.3 Å². The maximum atomic E-state index is 11.3. The van der Waals surface area contributed by atoms with E-state index in [4.69, 9.17) is 10.2 Å². The molecular formula is C9H18N2O4. The van der Waals surface area contributed by atoms with Crippen LogP contribution < -0.4 is 10.6 Å². The molecule has 2 unspecified atom stereocenters. The summed E-state index contributed by atoms with van der Waals surface area (Å²) in [5.41, 5.74) is 0. The minimum Gasteiger partial charge on any atom is -0.479 e. The Bertz CT molecular complexity index is 220. The lowest BCUT2D eigenvalue weighted by molar-refractivity contribution is -0.147. The largest absolute Gasteiger partial charge is 0.479 e. The van der Waals surface area contributed by atoms with Crippen molar-refractivity contribution >= 4 is 11.9 Å². The highest BCUT2D eigenvalue weighted by atomic mass is 16.4. The van der Waals surface area contributed by atoms with Gasteiger partial charge in [-0.2, -0.15) is 0 Å². The molecule has 0 saturated heterocycles. The number of carbonyl (C=O) groups is 2. The first-order chi connectivity index (χ1) is 6.99. The maximum absolute atomic E-state index is 11.3. The van der Waals surface area contributed by atoms with Gasteiger partial charge in [0.1, 0.15) is 0 Å². The topological polar surface area (TPSA) is 98.7 Å². The van der Waals surface area contributed by atoms with Gasteiger partial charge in [-0.15, -0.1) is 0 Å². The highest BCUT2D eigenvalue weighted by molar-refractivity contribution is 5.78. The van der Waals surface area contributed by atoms with Gasteiger partial charge in [0.15, 0.2) is 6.10 Å². The lowest BCUT2D eigenvalue weighted by Gasteiger charge is -2.12. The highest BCUT2D eigenvalue weighted by Crippen LogP contribution is 1.94. The molecule has 0 aliphatic carbocycles. The van der Waals surface area contributed by atoms with Crippen molar-refractivity contribution in [3.8, 4) is 0 Å². The van der Waals surface area contributed by atoms with Crippen molar-refractivity contribution in [3.63, 3.8) is 0 Å². The van der Waals surface area contributed by atoms with Crippen molar-refractivity contribution in [3.05, 3.63) is 0 Å². The maximum Gasteiger partial charge on any atom is 0.332 e. The molecule has 0 aromatic rings. The molecule has 15 heavy (non-hydrogen) atoms. The zero-order valence-electron chi connectivity index (χ0n) is 8.99. The molecule has 1 amide bonds. The molecule has 4 N–H and O–H groups in total. The Hall–Kier alpha value is -1.14. The Morgan fingerprint density at radius 3 is 2.47 bits per heavy atom. The summed E-state index contributed by atoms with van der Waals surface area (Å²) in [6.07, 6.45) is -1.39. The van der Waals surface area contributed by atoms with E-state index in [1.165, 1.54) is 0 Å². The quantitative estimate of drug-likeness (QED) is 0.430. The van der Waals surface area contributed by atoms with E-state index in [0.29, 0.717) is 6.54 Å². The van der Waals surface area contributed by atoms with Crippen LogP contribution in [0.15, 0.2) is 0 Å². The van der Waals surface area contributed by atoms with Crippen molar-refractivity contribution < 1.29 is 19.8 Å². The number of hydrogen-bond donors (Lipinski definition) is 4. The van der Waals surface area contributed by atoms with Crippen molar-refractivity contribution in [1.29, 1.82) is 0 Å². The number of nitrogens with one attached hydrogen (secondary N) is 2. The number of carboxylic acid groups (broad SMARTS) is 1. The molecule has 0 aliphatic heterocycles. The summed E-state index contributed by atoms with van der Waals surface area (Å²) >= 11 is 0. The average molecular weight is 218 g/mol. The van der Waals surface area contributed by atoms with Crippen LogP contribution in [0.4, 0.5) is 0 Å². The normalized spacial score (nSPS) is 14.3. The minimum atomic E-state index is -1.41. The Balaban J connectivity index is 3.67. The molecule has 0 bridgehead atoms. The van der Waals surface area contributed by atoms with E-state index in [2.05, 4.69) is 10.6 Å². The van der Waals surface area contributed by atoms with Gasteiger partial charge < -0.3 is 20.8 Å². The van der Waals surface area contributed by atoms with E-state index < -0.39 is 12.1 Å². The highest BCUT2D eigenvalue weighted by Gasteiger charge is 2.15. The summed E-state index contributed by atoms with van der Waals surface area (Å²) < 4.78 is 0. The molecule has 6 heteroatoms. The molecule has 0 aliphatic rings. The van der Waals surface area contributed by atoms with Crippen LogP contribution in [0.25, 0.3) is 0 Å². The second kappa shape index (κ2) is 7.19. The van der Waals surface area contributed by atoms with E-state index in [1.54, 1.807) is 14.0 Å². The second-order valence-electron chi connectivity index (χ2n) is 3.39. The number of aliphatic carboxylic acids is 1. The molecular weight excluding hydrogens is 200 g/mol. The van der Waals surface area contributed by atoms with E-state index in [9.17, 15) is 9.59 Å². The lowest BCUT2D eigenvalue weighted by atomic mass is 10.1. The Kier molecular flexibility index (Phi) is 6.64. The van der Waals surface area contributed by atoms with Crippen molar-refractivity contribution in [2.45, 2.75) is 19.4 Å². The predicted molar refractivity (Wildman–Crippen MR) is 54.4 cm³/mol. The third kappa shape index (κ3) is 6.03. The van der Waals surface area contributed by atoms with Gasteiger partial charge >= 0.3 is 5.97 Å². The fourth-order valence-corrected chi connectivity index (χ4v) is 1.03. The van der Waals surface area contributed by atoms with Gasteiger partial charge in [0.05, 0.1) is 0 Å². The number of hydrogen-bond acceptors (Lipinski definition) is 4. The summed E-state index contributed by atoms with van der Waals surface area (Å²) in [7, 11) is 1.75. The summed E-state index contributed by atoms with van der Waals surface area (Å²) in [4.78, 5) is 21.5. The fraction of sp³-hybridized carbons (Fsp3) is 0.778. The van der Waals surface area contributed by atoms with E-state index >= 15 is 0 Å². The van der Waals surface area contributed by atoms with Crippen molar-refractivity contribution in [1.82, 2.24) is 10.6 Å². The molecule has 0 radical (unpaired) electrons. The third-order valence-corrected chi connectivity index (χ3v) is 1.96. The molecule has 0 saturated carbocycles. The van der Waals surface area contributed by atoms with Crippen LogP contribution in [0.1, 0.15) is 13.3 Å². The van der Waals surface area contributed by atoms with E-state index in [0.717, 1.165) is 0 Å². The standard InChI is InChI=1S/C9H18N2O4/c1-6(5-10-2)8(13)11-4-3-7(12)9(14)15/h6-7,10,12H,3-5H2,1-2H3,(H,11,13)(H,14,15). The number of aliphatic hydroxyl groups is 1. The van der Waals surface area contributed by atoms with Gasteiger partial charge in [-0.3, -0.25) is 4.79 Å². The Morgan fingerprint density at radius 2 is 2.00 bits per heavy atom. The first kappa shape index (κ1) is 13.9. The molecule has 0 aromatic carbocycles. The first-order valence-electron chi connectivity index (χ1n) is 4.82. The van der Waals surface area contributed by atoms with Crippen LogP contribution in [0.3, 0.4) is 0 Å². The van der Waals surface area contributed by atoms with Crippen LogP contribution in [0.2, 0.25) is 0 Å². The Morgan fingerprint density at radius 1 is 1.40 bits per heavy atom. The molecule has 0 heterocycles. The van der Waals surface area contributed by atoms with Gasteiger partial charge in [0.2, 0.25) is 5.91 Å². The van der Waals surface area contributed by atoms with Crippen LogP contribution in [0, 0.1) is 5.92 Å². The van der Waals surface area contributed by atoms with Gasteiger partial charge in [-0.25, -0.2) is 4.79 Å². The predicted octanol–water partition coefficient (Wildman–Crippen LogP) is -1.21.